The molecule has 0 aliphatic carbocycles. The normalized spacial score (nSPS) is 26.4. The van der Waals surface area contributed by atoms with Crippen molar-refractivity contribution in [1.29, 1.82) is 0 Å². The van der Waals surface area contributed by atoms with Gasteiger partial charge in [-0.2, -0.15) is 0 Å². The van der Waals surface area contributed by atoms with Gasteiger partial charge in [0.2, 0.25) is 0 Å². The van der Waals surface area contributed by atoms with Crippen molar-refractivity contribution >= 4 is 5.82 Å². The van der Waals surface area contributed by atoms with Gasteiger partial charge in [-0.25, -0.2) is 4.98 Å². The van der Waals surface area contributed by atoms with E-state index < -0.39 is 0 Å². The lowest BCUT2D eigenvalue weighted by atomic mass is 10.0. The average Bonchev–Trinajstić information content (AvgIpc) is 2.97. The van der Waals surface area contributed by atoms with Gasteiger partial charge in [0.05, 0.1) is 6.61 Å². The summed E-state index contributed by atoms with van der Waals surface area (Å²) in [5, 5.41) is 3.47. The lowest BCUT2D eigenvalue weighted by Crippen LogP contribution is -2.26. The van der Waals surface area contributed by atoms with E-state index in [0.717, 1.165) is 62.6 Å². The highest BCUT2D eigenvalue weighted by molar-refractivity contribution is 5.53. The Balaban J connectivity index is 1.75. The second kappa shape index (κ2) is 5.14. The van der Waals surface area contributed by atoms with Crippen molar-refractivity contribution in [2.75, 3.05) is 37.7 Å². The Labute approximate surface area is 108 Å². The van der Waals surface area contributed by atoms with Crippen LogP contribution in [0.15, 0.2) is 18.3 Å². The average molecular weight is 247 g/mol. The smallest absolute Gasteiger partial charge is 0.171 e. The molecule has 2 fully saturated rings. The summed E-state index contributed by atoms with van der Waals surface area (Å²) in [4.78, 5) is 6.91. The number of nitrogens with zero attached hydrogens (tertiary/aromatic N) is 2. The lowest BCUT2D eigenvalue weighted by Gasteiger charge is -2.21. The standard InChI is InChI=1S/C14H21N3O/c1-2-6-18-13-4-3-5-16-14(13)17-9-11-7-15-8-12(11)10-17/h3-5,11-12,15H,2,6-10H2,1H3. The summed E-state index contributed by atoms with van der Waals surface area (Å²) in [6.45, 7) is 7.41. The summed E-state index contributed by atoms with van der Waals surface area (Å²) < 4.78 is 5.80. The van der Waals surface area contributed by atoms with Crippen LogP contribution in [-0.4, -0.2) is 37.8 Å². The minimum Gasteiger partial charge on any atom is -0.490 e. The van der Waals surface area contributed by atoms with Crippen molar-refractivity contribution < 1.29 is 4.74 Å². The van der Waals surface area contributed by atoms with Crippen LogP contribution < -0.4 is 15.0 Å². The van der Waals surface area contributed by atoms with Gasteiger partial charge in [-0.3, -0.25) is 0 Å². The number of fused-ring (bicyclic) bond motifs is 1. The van der Waals surface area contributed by atoms with Crippen LogP contribution in [-0.2, 0) is 0 Å². The van der Waals surface area contributed by atoms with E-state index in [0.29, 0.717) is 0 Å². The molecule has 3 heterocycles. The molecule has 0 saturated carbocycles. The van der Waals surface area contributed by atoms with E-state index >= 15 is 0 Å². The predicted molar refractivity (Wildman–Crippen MR) is 72.1 cm³/mol. The Kier molecular flexibility index (Phi) is 3.37. The van der Waals surface area contributed by atoms with E-state index in [-0.39, 0.29) is 0 Å². The van der Waals surface area contributed by atoms with Crippen molar-refractivity contribution in [3.63, 3.8) is 0 Å². The van der Waals surface area contributed by atoms with Crippen LogP contribution in [0.3, 0.4) is 0 Å². The quantitative estimate of drug-likeness (QED) is 0.875. The van der Waals surface area contributed by atoms with Crippen LogP contribution in [0.2, 0.25) is 0 Å². The van der Waals surface area contributed by atoms with Gasteiger partial charge in [-0.05, 0) is 30.4 Å². The molecule has 98 valence electrons. The summed E-state index contributed by atoms with van der Waals surface area (Å²) in [7, 11) is 0. The predicted octanol–water partition coefficient (Wildman–Crippen LogP) is 1.53. The van der Waals surface area contributed by atoms with E-state index in [9.17, 15) is 0 Å². The number of hydrogen-bond donors (Lipinski definition) is 1. The van der Waals surface area contributed by atoms with E-state index in [1.54, 1.807) is 0 Å². The van der Waals surface area contributed by atoms with E-state index in [2.05, 4.69) is 22.1 Å². The summed E-state index contributed by atoms with van der Waals surface area (Å²) in [6, 6.07) is 3.98. The van der Waals surface area contributed by atoms with Gasteiger partial charge in [-0.15, -0.1) is 0 Å². The van der Waals surface area contributed by atoms with Crippen LogP contribution in [0, 0.1) is 11.8 Å². The number of nitrogens with one attached hydrogen (secondary N) is 1. The molecule has 2 saturated heterocycles. The molecule has 0 aromatic carbocycles. The first-order valence-electron chi connectivity index (χ1n) is 6.92. The maximum atomic E-state index is 5.80. The highest BCUT2D eigenvalue weighted by Gasteiger charge is 2.37. The molecular weight excluding hydrogens is 226 g/mol. The summed E-state index contributed by atoms with van der Waals surface area (Å²) in [6.07, 6.45) is 2.89. The number of hydrogen-bond acceptors (Lipinski definition) is 4. The zero-order valence-electron chi connectivity index (χ0n) is 10.9. The Morgan fingerprint density at radius 1 is 1.39 bits per heavy atom. The number of ether oxygens (including phenoxy) is 1. The van der Waals surface area contributed by atoms with Gasteiger partial charge in [-0.1, -0.05) is 6.92 Å². The molecule has 3 rings (SSSR count). The zero-order chi connectivity index (χ0) is 12.4. The molecule has 2 aliphatic heterocycles. The molecule has 2 unspecified atom stereocenters. The van der Waals surface area contributed by atoms with Crippen molar-refractivity contribution in [2.45, 2.75) is 13.3 Å². The van der Waals surface area contributed by atoms with Gasteiger partial charge in [0.25, 0.3) is 0 Å². The van der Waals surface area contributed by atoms with Gasteiger partial charge >= 0.3 is 0 Å². The Hall–Kier alpha value is -1.29. The van der Waals surface area contributed by atoms with E-state index in [1.165, 1.54) is 0 Å². The van der Waals surface area contributed by atoms with Crippen molar-refractivity contribution in [1.82, 2.24) is 10.3 Å². The molecule has 0 radical (unpaired) electrons. The largest absolute Gasteiger partial charge is 0.490 e. The number of anilines is 1. The Morgan fingerprint density at radius 3 is 2.89 bits per heavy atom. The van der Waals surface area contributed by atoms with Crippen LogP contribution in [0.25, 0.3) is 0 Å². The summed E-state index contributed by atoms with van der Waals surface area (Å²) in [5.74, 6) is 3.53. The number of aromatic nitrogens is 1. The minimum absolute atomic E-state index is 0.765. The third-order valence-corrected chi connectivity index (χ3v) is 3.90. The van der Waals surface area contributed by atoms with Crippen LogP contribution in [0.5, 0.6) is 5.75 Å². The third-order valence-electron chi connectivity index (χ3n) is 3.90. The molecule has 4 heteroatoms. The topological polar surface area (TPSA) is 37.4 Å². The molecular formula is C14H21N3O. The molecule has 0 bridgehead atoms. The highest BCUT2D eigenvalue weighted by Crippen LogP contribution is 2.34. The molecule has 1 aromatic heterocycles. The van der Waals surface area contributed by atoms with E-state index in [4.69, 9.17) is 4.74 Å². The van der Waals surface area contributed by atoms with Gasteiger partial charge in [0.1, 0.15) is 0 Å². The van der Waals surface area contributed by atoms with Crippen molar-refractivity contribution in [3.05, 3.63) is 18.3 Å². The summed E-state index contributed by atoms with van der Waals surface area (Å²) in [5.41, 5.74) is 0. The third kappa shape index (κ3) is 2.17. The van der Waals surface area contributed by atoms with Gasteiger partial charge in [0.15, 0.2) is 11.6 Å². The number of pyridine rings is 1. The second-order valence-corrected chi connectivity index (χ2v) is 5.26. The number of rotatable bonds is 4. The summed E-state index contributed by atoms with van der Waals surface area (Å²) >= 11 is 0. The fourth-order valence-electron chi connectivity index (χ4n) is 2.97. The van der Waals surface area contributed by atoms with E-state index in [1.807, 2.05) is 18.3 Å². The first-order chi connectivity index (χ1) is 8.88. The maximum Gasteiger partial charge on any atom is 0.171 e. The van der Waals surface area contributed by atoms with Crippen molar-refractivity contribution in [3.8, 4) is 5.75 Å². The SMILES string of the molecule is CCCOc1cccnc1N1CC2CNCC2C1. The molecule has 1 N–H and O–H groups in total. The Bertz CT molecular complexity index is 398. The molecule has 18 heavy (non-hydrogen) atoms. The molecule has 4 nitrogen and oxygen atoms in total. The second-order valence-electron chi connectivity index (χ2n) is 5.26. The molecule has 2 atom stereocenters. The molecule has 0 amide bonds. The minimum atomic E-state index is 0.765. The first-order valence-corrected chi connectivity index (χ1v) is 6.92. The van der Waals surface area contributed by atoms with Gasteiger partial charge in [0, 0.05) is 32.4 Å². The fraction of sp³-hybridized carbons (Fsp3) is 0.643. The van der Waals surface area contributed by atoms with Crippen LogP contribution in [0.4, 0.5) is 5.82 Å². The van der Waals surface area contributed by atoms with Crippen LogP contribution >= 0.6 is 0 Å². The van der Waals surface area contributed by atoms with Gasteiger partial charge < -0.3 is 15.0 Å². The maximum absolute atomic E-state index is 5.80. The first kappa shape index (κ1) is 11.8. The monoisotopic (exact) mass is 247 g/mol. The Morgan fingerprint density at radius 2 is 2.17 bits per heavy atom. The fourth-order valence-corrected chi connectivity index (χ4v) is 2.97. The molecule has 0 spiro atoms. The highest BCUT2D eigenvalue weighted by atomic mass is 16.5. The zero-order valence-corrected chi connectivity index (χ0v) is 10.9. The molecule has 2 aliphatic rings. The molecule has 1 aromatic rings. The lowest BCUT2D eigenvalue weighted by molar-refractivity contribution is 0.316. The van der Waals surface area contributed by atoms with Crippen LogP contribution in [0.1, 0.15) is 13.3 Å². The van der Waals surface area contributed by atoms with Crippen molar-refractivity contribution in [2.24, 2.45) is 11.8 Å².